The van der Waals surface area contributed by atoms with Crippen molar-refractivity contribution in [2.75, 3.05) is 0 Å². The van der Waals surface area contributed by atoms with Gasteiger partial charge in [0.15, 0.2) is 0 Å². The minimum Gasteiger partial charge on any atom is -0.550 e. The molecule has 0 amide bonds. The van der Waals surface area contributed by atoms with Crippen LogP contribution in [0.5, 0.6) is 0 Å². The SMILES string of the molecule is CC(C)(CCC(=O)[O-])C(=O)[O-].[Ag+].[Ag+]. The first-order valence-corrected chi connectivity index (χ1v) is 3.27. The molecule has 0 atom stereocenters. The number of carboxylic acids is 2. The third-order valence-corrected chi connectivity index (χ3v) is 1.51. The fourth-order valence-corrected chi connectivity index (χ4v) is 0.517. The van der Waals surface area contributed by atoms with E-state index in [2.05, 4.69) is 0 Å². The van der Waals surface area contributed by atoms with E-state index >= 15 is 0 Å². The quantitative estimate of drug-likeness (QED) is 0.549. The summed E-state index contributed by atoms with van der Waals surface area (Å²) >= 11 is 0. The second kappa shape index (κ2) is 7.79. The molecular formula is C7H10Ag2O4. The summed E-state index contributed by atoms with van der Waals surface area (Å²) in [4.78, 5) is 20.3. The van der Waals surface area contributed by atoms with Gasteiger partial charge in [-0.3, -0.25) is 0 Å². The van der Waals surface area contributed by atoms with Crippen LogP contribution in [0.2, 0.25) is 0 Å². The third kappa shape index (κ3) is 8.74. The summed E-state index contributed by atoms with van der Waals surface area (Å²) in [5.74, 6) is -2.47. The average Bonchev–Trinajstić information content (AvgIpc) is 1.84. The van der Waals surface area contributed by atoms with Gasteiger partial charge >= 0.3 is 44.8 Å². The molecule has 0 aromatic heterocycles. The van der Waals surface area contributed by atoms with Crippen molar-refractivity contribution in [1.82, 2.24) is 0 Å². The fraction of sp³-hybridized carbons (Fsp3) is 0.714. The standard InChI is InChI=1S/C7H12O4.2Ag/c1-7(2,6(10)11)4-3-5(8)9;;/h3-4H2,1-2H3,(H,8,9)(H,10,11);;/q;2*+1/p-2. The molecule has 0 N–H and O–H groups in total. The molecule has 0 bridgehead atoms. The van der Waals surface area contributed by atoms with E-state index in [1.165, 1.54) is 13.8 Å². The van der Waals surface area contributed by atoms with Crippen LogP contribution in [-0.4, -0.2) is 11.9 Å². The van der Waals surface area contributed by atoms with E-state index in [0.29, 0.717) is 0 Å². The molecular weight excluding hydrogens is 364 g/mol. The van der Waals surface area contributed by atoms with Crippen LogP contribution in [-0.2, 0) is 54.3 Å². The second-order valence-electron chi connectivity index (χ2n) is 3.04. The Morgan fingerprint density at radius 1 is 1.15 bits per heavy atom. The van der Waals surface area contributed by atoms with Gasteiger partial charge in [-0.15, -0.1) is 0 Å². The first kappa shape index (κ1) is 19.1. The minimum absolute atomic E-state index is 0. The zero-order valence-electron chi connectivity index (χ0n) is 7.15. The smallest absolute Gasteiger partial charge is 0.550 e. The van der Waals surface area contributed by atoms with Crippen LogP contribution in [0.25, 0.3) is 0 Å². The molecule has 0 rings (SSSR count). The number of aliphatic carboxylic acids is 2. The van der Waals surface area contributed by atoms with Crippen LogP contribution in [0.3, 0.4) is 0 Å². The summed E-state index contributed by atoms with van der Waals surface area (Å²) in [7, 11) is 0. The van der Waals surface area contributed by atoms with Gasteiger partial charge < -0.3 is 19.8 Å². The van der Waals surface area contributed by atoms with Crippen molar-refractivity contribution < 1.29 is 64.6 Å². The van der Waals surface area contributed by atoms with Crippen LogP contribution >= 0.6 is 0 Å². The van der Waals surface area contributed by atoms with E-state index in [0.717, 1.165) is 0 Å². The van der Waals surface area contributed by atoms with E-state index in [1.54, 1.807) is 0 Å². The van der Waals surface area contributed by atoms with Gasteiger partial charge in [-0.2, -0.15) is 0 Å². The summed E-state index contributed by atoms with van der Waals surface area (Å²) in [6.45, 7) is 2.84. The molecule has 13 heavy (non-hydrogen) atoms. The molecule has 0 saturated carbocycles. The molecule has 0 aromatic rings. The number of rotatable bonds is 4. The van der Waals surface area contributed by atoms with Crippen molar-refractivity contribution in [1.29, 1.82) is 0 Å². The Hall–Kier alpha value is 0.421. The average molecular weight is 374 g/mol. The maximum Gasteiger partial charge on any atom is 1.00 e. The van der Waals surface area contributed by atoms with Crippen molar-refractivity contribution >= 4 is 11.9 Å². The number of carboxylic acid groups (broad SMARTS) is 2. The van der Waals surface area contributed by atoms with Gasteiger partial charge in [0.05, 0.1) is 0 Å². The van der Waals surface area contributed by atoms with Gasteiger partial charge in [0.25, 0.3) is 0 Å². The normalized spacial score (nSPS) is 9.38. The molecule has 0 heterocycles. The summed E-state index contributed by atoms with van der Waals surface area (Å²) in [5.41, 5.74) is -1.08. The molecule has 0 fully saturated rings. The Balaban J connectivity index is -0.000000500. The van der Waals surface area contributed by atoms with Crippen LogP contribution in [0.4, 0.5) is 0 Å². The van der Waals surface area contributed by atoms with E-state index in [-0.39, 0.29) is 57.6 Å². The molecule has 0 aromatic carbocycles. The monoisotopic (exact) mass is 372 g/mol. The van der Waals surface area contributed by atoms with Gasteiger partial charge in [0, 0.05) is 17.4 Å². The first-order chi connectivity index (χ1) is 4.86. The topological polar surface area (TPSA) is 80.3 Å². The number of carbonyl (C=O) groups excluding carboxylic acids is 2. The molecule has 0 spiro atoms. The predicted octanol–water partition coefficient (Wildman–Crippen LogP) is -1.71. The Kier molecular flexibility index (Phi) is 11.4. The van der Waals surface area contributed by atoms with Gasteiger partial charge in [0.2, 0.25) is 0 Å². The molecule has 0 aliphatic carbocycles. The largest absolute Gasteiger partial charge is 1.00 e. The zero-order chi connectivity index (χ0) is 9.07. The molecule has 0 radical (unpaired) electrons. The molecule has 0 unspecified atom stereocenters. The first-order valence-electron chi connectivity index (χ1n) is 3.27. The Morgan fingerprint density at radius 3 is 1.77 bits per heavy atom. The van der Waals surface area contributed by atoms with Crippen LogP contribution < -0.4 is 10.2 Å². The van der Waals surface area contributed by atoms with E-state index in [1.807, 2.05) is 0 Å². The molecule has 4 nitrogen and oxygen atoms in total. The van der Waals surface area contributed by atoms with Crippen molar-refractivity contribution in [2.24, 2.45) is 5.41 Å². The van der Waals surface area contributed by atoms with E-state index in [9.17, 15) is 19.8 Å². The third-order valence-electron chi connectivity index (χ3n) is 1.51. The van der Waals surface area contributed by atoms with Crippen LogP contribution in [0, 0.1) is 5.41 Å². The minimum atomic E-state index is -1.24. The Bertz CT molecular complexity index is 179. The van der Waals surface area contributed by atoms with Crippen molar-refractivity contribution in [3.63, 3.8) is 0 Å². The molecule has 0 aliphatic heterocycles. The Morgan fingerprint density at radius 2 is 1.54 bits per heavy atom. The second-order valence-corrected chi connectivity index (χ2v) is 3.04. The van der Waals surface area contributed by atoms with Crippen LogP contribution in [0.15, 0.2) is 0 Å². The van der Waals surface area contributed by atoms with Gasteiger partial charge in [-0.25, -0.2) is 0 Å². The summed E-state index contributed by atoms with van der Waals surface area (Å²) in [6, 6.07) is 0. The van der Waals surface area contributed by atoms with E-state index < -0.39 is 17.4 Å². The number of hydrogen-bond donors (Lipinski definition) is 0. The Labute approximate surface area is 108 Å². The summed E-state index contributed by atoms with van der Waals surface area (Å²) in [6.07, 6.45) is -0.210. The maximum absolute atomic E-state index is 10.3. The summed E-state index contributed by atoms with van der Waals surface area (Å²) in [5, 5.41) is 20.3. The van der Waals surface area contributed by atoms with Crippen molar-refractivity contribution in [3.05, 3.63) is 0 Å². The maximum atomic E-state index is 10.3. The van der Waals surface area contributed by atoms with Gasteiger partial charge in [0.1, 0.15) is 0 Å². The molecule has 0 aliphatic rings. The van der Waals surface area contributed by atoms with Crippen molar-refractivity contribution in [3.8, 4) is 0 Å². The predicted molar refractivity (Wildman–Crippen MR) is 33.0 cm³/mol. The van der Waals surface area contributed by atoms with Crippen LogP contribution in [0.1, 0.15) is 26.7 Å². The molecule has 0 saturated heterocycles. The fourth-order valence-electron chi connectivity index (χ4n) is 0.517. The number of carbonyl (C=O) groups is 2. The van der Waals surface area contributed by atoms with Crippen molar-refractivity contribution in [2.45, 2.75) is 26.7 Å². The van der Waals surface area contributed by atoms with Gasteiger partial charge in [-0.1, -0.05) is 13.8 Å². The van der Waals surface area contributed by atoms with Gasteiger partial charge in [-0.05, 0) is 12.8 Å². The number of hydrogen-bond acceptors (Lipinski definition) is 4. The zero-order valence-corrected chi connectivity index (χ0v) is 10.1. The molecule has 84 valence electrons. The van der Waals surface area contributed by atoms with E-state index in [4.69, 9.17) is 0 Å². The molecule has 6 heteroatoms. The summed E-state index contributed by atoms with van der Waals surface area (Å²) < 4.78 is 0.